The number of aryl methyl sites for hydroxylation is 1. The average Bonchev–Trinajstić information content (AvgIpc) is 3.39. The molecule has 28 heavy (non-hydrogen) atoms. The second kappa shape index (κ2) is 7.20. The molecule has 2 aromatic heterocycles. The van der Waals surface area contributed by atoms with Gasteiger partial charge >= 0.3 is 0 Å². The van der Waals surface area contributed by atoms with E-state index in [1.807, 2.05) is 24.5 Å². The maximum absolute atomic E-state index is 9.20. The van der Waals surface area contributed by atoms with E-state index < -0.39 is 0 Å². The minimum Gasteiger partial charge on any atom is -0.411 e. The second-order valence-corrected chi connectivity index (χ2v) is 7.51. The third-order valence-electron chi connectivity index (χ3n) is 5.85. The first-order valence-corrected chi connectivity index (χ1v) is 9.88. The van der Waals surface area contributed by atoms with Crippen LogP contribution in [0.25, 0.3) is 22.4 Å². The molecule has 0 bridgehead atoms. The van der Waals surface area contributed by atoms with Crippen LogP contribution in [0.15, 0.2) is 54.1 Å². The summed E-state index contributed by atoms with van der Waals surface area (Å²) in [5, 5.41) is 21.1. The van der Waals surface area contributed by atoms with Crippen molar-refractivity contribution in [2.75, 3.05) is 13.1 Å². The van der Waals surface area contributed by atoms with E-state index in [-0.39, 0.29) is 0 Å². The Balaban J connectivity index is 1.61. The van der Waals surface area contributed by atoms with Gasteiger partial charge in [0.1, 0.15) is 5.69 Å². The molecule has 0 amide bonds. The topological polar surface area (TPSA) is 75.3 Å². The number of piperidine rings is 1. The fraction of sp³-hybridized carbons (Fsp3) is 0.318. The number of fused-ring (bicyclic) bond motifs is 1. The maximum atomic E-state index is 9.20. The zero-order chi connectivity index (χ0) is 18.9. The molecule has 1 aliphatic heterocycles. The van der Waals surface area contributed by atoms with Crippen molar-refractivity contribution in [2.24, 2.45) is 5.16 Å². The Labute approximate surface area is 163 Å². The van der Waals surface area contributed by atoms with Crippen LogP contribution in [0.1, 0.15) is 36.4 Å². The van der Waals surface area contributed by atoms with E-state index in [1.54, 1.807) is 0 Å². The molecule has 0 atom stereocenters. The van der Waals surface area contributed by atoms with Gasteiger partial charge in [-0.3, -0.25) is 9.67 Å². The van der Waals surface area contributed by atoms with Gasteiger partial charge in [0.25, 0.3) is 0 Å². The number of hydrogen-bond donors (Lipinski definition) is 2. The fourth-order valence-electron chi connectivity index (χ4n) is 4.33. The van der Waals surface area contributed by atoms with Crippen molar-refractivity contribution < 1.29 is 5.21 Å². The predicted octanol–water partition coefficient (Wildman–Crippen LogP) is 3.66. The third kappa shape index (κ3) is 2.99. The molecular weight excluding hydrogens is 350 g/mol. The molecule has 0 radical (unpaired) electrons. The van der Waals surface area contributed by atoms with Crippen molar-refractivity contribution >= 4 is 5.71 Å². The maximum Gasteiger partial charge on any atom is 0.100 e. The standard InChI is InChI=1S/C22H23N5O/c28-26-21-4-2-16-13-17(1-3-19(16)21)20-14-27(18-7-11-24-12-8-18)25-22(20)15-5-9-23-10-6-15/h1,3,5-6,9-10,13-14,18,24,28H,2,4,7-8,11-12H2. The molecule has 1 aliphatic carbocycles. The van der Waals surface area contributed by atoms with Gasteiger partial charge in [-0.25, -0.2) is 0 Å². The van der Waals surface area contributed by atoms with Crippen LogP contribution in [0, 0.1) is 0 Å². The summed E-state index contributed by atoms with van der Waals surface area (Å²) in [7, 11) is 0. The lowest BCUT2D eigenvalue weighted by Gasteiger charge is -2.22. The highest BCUT2D eigenvalue weighted by Crippen LogP contribution is 2.35. The van der Waals surface area contributed by atoms with Crippen molar-refractivity contribution in [2.45, 2.75) is 31.7 Å². The third-order valence-corrected chi connectivity index (χ3v) is 5.85. The van der Waals surface area contributed by atoms with Crippen LogP contribution in [-0.2, 0) is 6.42 Å². The Hall–Kier alpha value is -2.99. The highest BCUT2D eigenvalue weighted by molar-refractivity contribution is 6.04. The smallest absolute Gasteiger partial charge is 0.100 e. The van der Waals surface area contributed by atoms with Crippen molar-refractivity contribution in [3.63, 3.8) is 0 Å². The number of benzene rings is 1. The van der Waals surface area contributed by atoms with Crippen molar-refractivity contribution in [3.8, 4) is 22.4 Å². The van der Waals surface area contributed by atoms with E-state index in [2.05, 4.69) is 44.5 Å². The van der Waals surface area contributed by atoms with Crippen molar-refractivity contribution in [1.29, 1.82) is 0 Å². The lowest BCUT2D eigenvalue weighted by molar-refractivity contribution is 0.318. The molecule has 3 heterocycles. The first kappa shape index (κ1) is 17.1. The van der Waals surface area contributed by atoms with E-state index in [0.717, 1.165) is 72.4 Å². The summed E-state index contributed by atoms with van der Waals surface area (Å²) in [6.07, 6.45) is 9.72. The molecule has 3 aromatic rings. The summed E-state index contributed by atoms with van der Waals surface area (Å²) >= 11 is 0. The van der Waals surface area contributed by atoms with Gasteiger partial charge in [-0.15, -0.1) is 0 Å². The lowest BCUT2D eigenvalue weighted by atomic mass is 9.98. The van der Waals surface area contributed by atoms with Crippen LogP contribution in [0.2, 0.25) is 0 Å². The van der Waals surface area contributed by atoms with Gasteiger partial charge in [-0.05, 0) is 62.0 Å². The molecule has 0 unspecified atom stereocenters. The summed E-state index contributed by atoms with van der Waals surface area (Å²) in [4.78, 5) is 4.16. The normalized spacial score (nSPS) is 18.5. The van der Waals surface area contributed by atoms with Gasteiger partial charge in [0.2, 0.25) is 0 Å². The Morgan fingerprint density at radius 3 is 2.61 bits per heavy atom. The molecule has 0 spiro atoms. The first-order valence-electron chi connectivity index (χ1n) is 9.88. The second-order valence-electron chi connectivity index (χ2n) is 7.51. The molecule has 2 N–H and O–H groups in total. The molecule has 1 saturated heterocycles. The van der Waals surface area contributed by atoms with Crippen LogP contribution in [-0.4, -0.2) is 38.8 Å². The van der Waals surface area contributed by atoms with Gasteiger partial charge in [0, 0.05) is 35.3 Å². The van der Waals surface area contributed by atoms with E-state index >= 15 is 0 Å². The number of hydrogen-bond acceptors (Lipinski definition) is 5. The van der Waals surface area contributed by atoms with Crippen LogP contribution < -0.4 is 5.32 Å². The van der Waals surface area contributed by atoms with Gasteiger partial charge in [-0.2, -0.15) is 5.10 Å². The fourth-order valence-corrected chi connectivity index (χ4v) is 4.33. The number of oxime groups is 1. The molecule has 5 rings (SSSR count). The molecule has 2 aliphatic rings. The van der Waals surface area contributed by atoms with Crippen molar-refractivity contribution in [3.05, 3.63) is 60.0 Å². The Kier molecular flexibility index (Phi) is 4.41. The molecule has 0 saturated carbocycles. The zero-order valence-electron chi connectivity index (χ0n) is 15.7. The van der Waals surface area contributed by atoms with Crippen LogP contribution in [0.3, 0.4) is 0 Å². The summed E-state index contributed by atoms with van der Waals surface area (Å²) in [6.45, 7) is 2.07. The molecule has 1 aromatic carbocycles. The first-order chi connectivity index (χ1) is 13.8. The number of rotatable bonds is 3. The van der Waals surface area contributed by atoms with E-state index in [9.17, 15) is 5.21 Å². The molecule has 1 fully saturated rings. The summed E-state index contributed by atoms with van der Waals surface area (Å²) in [5.74, 6) is 0. The van der Waals surface area contributed by atoms with Gasteiger partial charge < -0.3 is 10.5 Å². The number of nitrogens with zero attached hydrogens (tertiary/aromatic N) is 4. The van der Waals surface area contributed by atoms with Crippen molar-refractivity contribution in [1.82, 2.24) is 20.1 Å². The lowest BCUT2D eigenvalue weighted by Crippen LogP contribution is -2.29. The average molecular weight is 373 g/mol. The van der Waals surface area contributed by atoms with E-state index in [0.29, 0.717) is 6.04 Å². The number of pyridine rings is 1. The Morgan fingerprint density at radius 2 is 1.82 bits per heavy atom. The minimum absolute atomic E-state index is 0.429. The number of aromatic nitrogens is 3. The van der Waals surface area contributed by atoms with E-state index in [1.165, 1.54) is 5.56 Å². The van der Waals surface area contributed by atoms with Gasteiger partial charge in [0.15, 0.2) is 0 Å². The molecule has 6 heteroatoms. The van der Waals surface area contributed by atoms with Crippen LogP contribution in [0.4, 0.5) is 0 Å². The van der Waals surface area contributed by atoms with Gasteiger partial charge in [0.05, 0.1) is 11.8 Å². The molecular formula is C22H23N5O. The van der Waals surface area contributed by atoms with Crippen LogP contribution in [0.5, 0.6) is 0 Å². The predicted molar refractivity (Wildman–Crippen MR) is 109 cm³/mol. The number of nitrogens with one attached hydrogen (secondary N) is 1. The summed E-state index contributed by atoms with van der Waals surface area (Å²) < 4.78 is 2.15. The quantitative estimate of drug-likeness (QED) is 0.543. The van der Waals surface area contributed by atoms with Crippen LogP contribution >= 0.6 is 0 Å². The molecule has 142 valence electrons. The highest BCUT2D eigenvalue weighted by Gasteiger charge is 2.23. The highest BCUT2D eigenvalue weighted by atomic mass is 16.4. The van der Waals surface area contributed by atoms with E-state index in [4.69, 9.17) is 5.10 Å². The zero-order valence-corrected chi connectivity index (χ0v) is 15.7. The Morgan fingerprint density at radius 1 is 1.00 bits per heavy atom. The summed E-state index contributed by atoms with van der Waals surface area (Å²) in [6, 6.07) is 10.9. The summed E-state index contributed by atoms with van der Waals surface area (Å²) in [5.41, 5.74) is 7.45. The monoisotopic (exact) mass is 373 g/mol. The van der Waals surface area contributed by atoms with Gasteiger partial charge in [-0.1, -0.05) is 23.4 Å². The molecule has 6 nitrogen and oxygen atoms in total. The Bertz CT molecular complexity index is 1020. The minimum atomic E-state index is 0.429. The largest absolute Gasteiger partial charge is 0.411 e. The SMILES string of the molecule is ON=C1CCc2cc(-c3cn(C4CCNCC4)nc3-c3ccncc3)ccc21.